The third kappa shape index (κ3) is 4.11. The second-order valence-corrected chi connectivity index (χ2v) is 5.11. The molecular formula is C16H16F2N2O5. The van der Waals surface area contributed by atoms with Crippen molar-refractivity contribution in [2.75, 3.05) is 13.2 Å². The molecular weight excluding hydrogens is 338 g/mol. The van der Waals surface area contributed by atoms with Gasteiger partial charge in [0.15, 0.2) is 0 Å². The molecule has 0 bridgehead atoms. The molecule has 1 heterocycles. The number of esters is 2. The Balaban J connectivity index is 2.23. The van der Waals surface area contributed by atoms with E-state index in [2.05, 4.69) is 10.6 Å². The molecule has 0 unspecified atom stereocenters. The zero-order chi connectivity index (χ0) is 18.6. The van der Waals surface area contributed by atoms with Crippen molar-refractivity contribution in [2.24, 2.45) is 0 Å². The molecule has 1 aromatic carbocycles. The largest absolute Gasteiger partial charge is 0.463 e. The van der Waals surface area contributed by atoms with E-state index in [1.807, 2.05) is 0 Å². The van der Waals surface area contributed by atoms with Crippen molar-refractivity contribution in [1.82, 2.24) is 10.6 Å². The van der Waals surface area contributed by atoms with Crippen molar-refractivity contribution in [3.63, 3.8) is 0 Å². The van der Waals surface area contributed by atoms with Crippen LogP contribution in [0.5, 0.6) is 0 Å². The first-order valence-electron chi connectivity index (χ1n) is 7.44. The van der Waals surface area contributed by atoms with Crippen molar-refractivity contribution < 1.29 is 32.6 Å². The fourth-order valence-electron chi connectivity index (χ4n) is 2.30. The number of halogens is 2. The lowest BCUT2D eigenvalue weighted by atomic mass is 10.0. The Bertz CT molecular complexity index is 728. The molecule has 2 N–H and O–H groups in total. The standard InChI is InChI=1S/C16H16F2N2O5/c1-3-24-14(21)12-8(2)19-16(23)20-11(12)7-25-15(22)13-9(17)5-4-6-10(13)18/h4-6,8H,3,7H2,1-2H3,(H2,19,20,23)/t8-/m0/s1. The van der Waals surface area contributed by atoms with E-state index < -0.39 is 47.8 Å². The molecule has 2 rings (SSSR count). The zero-order valence-corrected chi connectivity index (χ0v) is 13.5. The number of ether oxygens (including phenoxy) is 2. The Hall–Kier alpha value is -2.97. The van der Waals surface area contributed by atoms with Crippen LogP contribution in [0.4, 0.5) is 13.6 Å². The summed E-state index contributed by atoms with van der Waals surface area (Å²) in [6.45, 7) is 2.71. The number of hydrogen-bond acceptors (Lipinski definition) is 5. The fraction of sp³-hybridized carbons (Fsp3) is 0.312. The zero-order valence-electron chi connectivity index (χ0n) is 13.5. The van der Waals surface area contributed by atoms with Crippen LogP contribution in [0.15, 0.2) is 29.5 Å². The van der Waals surface area contributed by atoms with Crippen LogP contribution < -0.4 is 10.6 Å². The molecule has 1 aromatic rings. The van der Waals surface area contributed by atoms with E-state index in [9.17, 15) is 23.2 Å². The molecule has 134 valence electrons. The van der Waals surface area contributed by atoms with E-state index in [1.165, 1.54) is 0 Å². The van der Waals surface area contributed by atoms with Gasteiger partial charge in [-0.1, -0.05) is 6.07 Å². The number of nitrogens with one attached hydrogen (secondary N) is 2. The van der Waals surface area contributed by atoms with Gasteiger partial charge in [-0.2, -0.15) is 0 Å². The third-order valence-electron chi connectivity index (χ3n) is 3.38. The molecule has 2 amide bonds. The SMILES string of the molecule is CCOC(=O)C1=C(COC(=O)c2c(F)cccc2F)NC(=O)N[C@H]1C. The van der Waals surface area contributed by atoms with E-state index in [1.54, 1.807) is 13.8 Å². The quantitative estimate of drug-likeness (QED) is 0.784. The van der Waals surface area contributed by atoms with Gasteiger partial charge >= 0.3 is 18.0 Å². The Morgan fingerprint density at radius 1 is 1.16 bits per heavy atom. The highest BCUT2D eigenvalue weighted by Crippen LogP contribution is 2.17. The van der Waals surface area contributed by atoms with Gasteiger partial charge in [-0.05, 0) is 26.0 Å². The van der Waals surface area contributed by atoms with Gasteiger partial charge in [0.2, 0.25) is 0 Å². The summed E-state index contributed by atoms with van der Waals surface area (Å²) in [5.74, 6) is -4.11. The van der Waals surface area contributed by atoms with Crippen molar-refractivity contribution in [3.8, 4) is 0 Å². The highest BCUT2D eigenvalue weighted by Gasteiger charge is 2.30. The van der Waals surface area contributed by atoms with Crippen molar-refractivity contribution in [3.05, 3.63) is 46.7 Å². The normalized spacial score (nSPS) is 16.8. The summed E-state index contributed by atoms with van der Waals surface area (Å²) in [6.07, 6.45) is 0. The molecule has 1 aliphatic rings. The second-order valence-electron chi connectivity index (χ2n) is 5.11. The average Bonchev–Trinajstić information content (AvgIpc) is 2.52. The van der Waals surface area contributed by atoms with Gasteiger partial charge in [0, 0.05) is 0 Å². The number of rotatable bonds is 5. The van der Waals surface area contributed by atoms with Crippen LogP contribution in [0.25, 0.3) is 0 Å². The first-order valence-corrected chi connectivity index (χ1v) is 7.44. The lowest BCUT2D eigenvalue weighted by Crippen LogP contribution is -2.50. The van der Waals surface area contributed by atoms with Crippen LogP contribution in [0.2, 0.25) is 0 Å². The van der Waals surface area contributed by atoms with E-state index >= 15 is 0 Å². The average molecular weight is 354 g/mol. The Labute approximate surface area is 142 Å². The number of benzene rings is 1. The number of carbonyl (C=O) groups is 3. The molecule has 0 fully saturated rings. The monoisotopic (exact) mass is 354 g/mol. The summed E-state index contributed by atoms with van der Waals surface area (Å²) in [5, 5.41) is 4.80. The summed E-state index contributed by atoms with van der Waals surface area (Å²) < 4.78 is 36.9. The van der Waals surface area contributed by atoms with Crippen molar-refractivity contribution >= 4 is 18.0 Å². The van der Waals surface area contributed by atoms with Crippen LogP contribution in [-0.4, -0.2) is 37.2 Å². The summed E-state index contributed by atoms with van der Waals surface area (Å²) in [5.41, 5.74) is -0.808. The van der Waals surface area contributed by atoms with Crippen LogP contribution in [0.3, 0.4) is 0 Å². The van der Waals surface area contributed by atoms with Crippen LogP contribution in [0, 0.1) is 11.6 Å². The number of hydrogen-bond donors (Lipinski definition) is 2. The maximum absolute atomic E-state index is 13.6. The maximum atomic E-state index is 13.6. The molecule has 0 spiro atoms. The predicted molar refractivity (Wildman–Crippen MR) is 81.4 cm³/mol. The first kappa shape index (κ1) is 18.4. The number of amides is 2. The Kier molecular flexibility index (Phi) is 5.68. The van der Waals surface area contributed by atoms with Crippen LogP contribution >= 0.6 is 0 Å². The van der Waals surface area contributed by atoms with Gasteiger partial charge in [-0.25, -0.2) is 23.2 Å². The number of urea groups is 1. The van der Waals surface area contributed by atoms with Crippen molar-refractivity contribution in [1.29, 1.82) is 0 Å². The van der Waals surface area contributed by atoms with Crippen LogP contribution in [-0.2, 0) is 14.3 Å². The molecule has 0 saturated heterocycles. The summed E-state index contributed by atoms with van der Waals surface area (Å²) >= 11 is 0. The Morgan fingerprint density at radius 3 is 2.40 bits per heavy atom. The third-order valence-corrected chi connectivity index (χ3v) is 3.38. The number of carbonyl (C=O) groups excluding carboxylic acids is 3. The lowest BCUT2D eigenvalue weighted by Gasteiger charge is -2.26. The van der Waals surface area contributed by atoms with Crippen molar-refractivity contribution in [2.45, 2.75) is 19.9 Å². The molecule has 1 atom stereocenters. The van der Waals surface area contributed by atoms with Gasteiger partial charge in [-0.15, -0.1) is 0 Å². The smallest absolute Gasteiger partial charge is 0.344 e. The van der Waals surface area contributed by atoms with Gasteiger partial charge in [0.05, 0.1) is 23.9 Å². The molecule has 0 saturated carbocycles. The minimum atomic E-state index is -1.26. The minimum absolute atomic E-state index is 0.0141. The highest BCUT2D eigenvalue weighted by atomic mass is 19.1. The molecule has 25 heavy (non-hydrogen) atoms. The maximum Gasteiger partial charge on any atom is 0.344 e. The predicted octanol–water partition coefficient (Wildman–Crippen LogP) is 1.64. The molecule has 0 radical (unpaired) electrons. The molecule has 0 aromatic heterocycles. The summed E-state index contributed by atoms with van der Waals surface area (Å²) in [7, 11) is 0. The molecule has 7 nitrogen and oxygen atoms in total. The van der Waals surface area contributed by atoms with Gasteiger partial charge in [-0.3, -0.25) is 0 Å². The van der Waals surface area contributed by atoms with E-state index in [0.29, 0.717) is 0 Å². The van der Waals surface area contributed by atoms with E-state index in [4.69, 9.17) is 9.47 Å². The topological polar surface area (TPSA) is 93.7 Å². The van der Waals surface area contributed by atoms with Gasteiger partial charge in [0.1, 0.15) is 23.8 Å². The van der Waals surface area contributed by atoms with Gasteiger partial charge < -0.3 is 20.1 Å². The summed E-state index contributed by atoms with van der Waals surface area (Å²) in [4.78, 5) is 35.5. The summed E-state index contributed by atoms with van der Waals surface area (Å²) in [6, 6.07) is 1.64. The molecule has 0 aliphatic carbocycles. The Morgan fingerprint density at radius 2 is 1.80 bits per heavy atom. The van der Waals surface area contributed by atoms with Gasteiger partial charge in [0.25, 0.3) is 0 Å². The minimum Gasteiger partial charge on any atom is -0.463 e. The molecule has 1 aliphatic heterocycles. The second kappa shape index (κ2) is 7.73. The molecule has 9 heteroatoms. The highest BCUT2D eigenvalue weighted by molar-refractivity contribution is 5.95. The van der Waals surface area contributed by atoms with E-state index in [0.717, 1.165) is 18.2 Å². The lowest BCUT2D eigenvalue weighted by molar-refractivity contribution is -0.139. The van der Waals surface area contributed by atoms with Crippen LogP contribution in [0.1, 0.15) is 24.2 Å². The first-order chi connectivity index (χ1) is 11.8. The fourth-order valence-corrected chi connectivity index (χ4v) is 2.30. The van der Waals surface area contributed by atoms with E-state index in [-0.39, 0.29) is 17.9 Å².